The summed E-state index contributed by atoms with van der Waals surface area (Å²) < 4.78 is 34.5. The van der Waals surface area contributed by atoms with Crippen molar-refractivity contribution in [3.8, 4) is 0 Å². The van der Waals surface area contributed by atoms with Gasteiger partial charge >= 0.3 is 5.97 Å². The Hall–Kier alpha value is -1.72. The number of β-lactam (4-membered cyclic amide) rings is 1. The van der Waals surface area contributed by atoms with E-state index in [1.54, 1.807) is 20.8 Å². The van der Waals surface area contributed by atoms with Gasteiger partial charge in [-0.25, -0.2) is 23.0 Å². The molecular weight excluding hydrogens is 482 g/mol. The standard InChI is InChI=1S/C16H25N7O6S3/c1-15(2,3)29-11(24)10-9(7-30-13-16(17,28-4)12(25)23(10)13)8-31-14-19-20-21-22(14)5-6-32(18,26)27/h13H,5-8,17H2,1-4H3,(H2,18,26,27)/t13-,16+/m1/s1. The highest BCUT2D eigenvalue weighted by atomic mass is 32.2. The summed E-state index contributed by atoms with van der Waals surface area (Å²) in [6, 6.07) is 0. The van der Waals surface area contributed by atoms with Crippen molar-refractivity contribution in [2.24, 2.45) is 10.9 Å². The summed E-state index contributed by atoms with van der Waals surface area (Å²) in [6.07, 6.45) is 0. The number of rotatable bonds is 8. The summed E-state index contributed by atoms with van der Waals surface area (Å²) >= 11 is 2.57. The number of hydrogen-bond acceptors (Lipinski definition) is 12. The van der Waals surface area contributed by atoms with Gasteiger partial charge in [-0.1, -0.05) is 11.8 Å². The molecule has 0 spiro atoms. The van der Waals surface area contributed by atoms with Crippen LogP contribution in [0.1, 0.15) is 20.8 Å². The summed E-state index contributed by atoms with van der Waals surface area (Å²) in [5.74, 6) is -0.834. The molecule has 3 rings (SSSR count). The number of esters is 1. The maximum atomic E-state index is 13.0. The van der Waals surface area contributed by atoms with Gasteiger partial charge in [0, 0.05) is 18.6 Å². The molecular formula is C16H25N7O6S3. The topological polar surface area (TPSA) is 186 Å². The number of tetrazole rings is 1. The van der Waals surface area contributed by atoms with Crippen LogP contribution in [0, 0.1) is 0 Å². The smallest absolute Gasteiger partial charge is 0.355 e. The normalized spacial score (nSPS) is 23.8. The second-order valence-electron chi connectivity index (χ2n) is 8.13. The minimum atomic E-state index is -3.68. The number of amides is 1. The molecule has 2 aliphatic heterocycles. The third-order valence-corrected chi connectivity index (χ3v) is 7.72. The van der Waals surface area contributed by atoms with E-state index in [-0.39, 0.29) is 23.7 Å². The molecule has 0 radical (unpaired) electrons. The molecule has 4 N–H and O–H groups in total. The lowest BCUT2D eigenvalue weighted by Gasteiger charge is -2.54. The first-order valence-corrected chi connectivity index (χ1v) is 13.2. The number of nitrogens with zero attached hydrogens (tertiary/aromatic N) is 5. The fourth-order valence-electron chi connectivity index (χ4n) is 3.03. The minimum Gasteiger partial charge on any atom is -0.455 e. The molecule has 1 aromatic rings. The van der Waals surface area contributed by atoms with Gasteiger partial charge in [-0.3, -0.25) is 15.4 Å². The molecule has 16 heteroatoms. The number of aromatic nitrogens is 4. The van der Waals surface area contributed by atoms with Crippen molar-refractivity contribution in [1.82, 2.24) is 25.1 Å². The molecule has 1 aromatic heterocycles. The zero-order valence-corrected chi connectivity index (χ0v) is 20.4. The van der Waals surface area contributed by atoms with Crippen LogP contribution in [-0.2, 0) is 35.6 Å². The van der Waals surface area contributed by atoms with Gasteiger partial charge in [0.05, 0.1) is 12.3 Å². The number of primary sulfonamides is 1. The Morgan fingerprint density at radius 3 is 2.69 bits per heavy atom. The second kappa shape index (κ2) is 8.90. The summed E-state index contributed by atoms with van der Waals surface area (Å²) in [7, 11) is -2.34. The SMILES string of the molecule is CO[C@@]1(N)C(=O)N2C(C(=O)OC(C)(C)C)=C(CSc3nnnn3CCS(N)(=O)=O)CS[C@@H]21. The number of aryl methyl sites for hydroxylation is 1. The van der Waals surface area contributed by atoms with Crippen LogP contribution in [0.4, 0.5) is 0 Å². The first kappa shape index (κ1) is 24.9. The van der Waals surface area contributed by atoms with E-state index in [2.05, 4.69) is 15.5 Å². The highest BCUT2D eigenvalue weighted by Crippen LogP contribution is 2.46. The quantitative estimate of drug-likeness (QED) is 0.187. The van der Waals surface area contributed by atoms with Gasteiger partial charge in [0.1, 0.15) is 16.7 Å². The monoisotopic (exact) mass is 507 g/mol. The van der Waals surface area contributed by atoms with Gasteiger partial charge in [-0.05, 0) is 36.8 Å². The maximum Gasteiger partial charge on any atom is 0.355 e. The molecule has 3 heterocycles. The molecule has 0 aliphatic carbocycles. The molecule has 0 unspecified atom stereocenters. The van der Waals surface area contributed by atoms with E-state index in [0.29, 0.717) is 16.5 Å². The molecule has 1 saturated heterocycles. The van der Waals surface area contributed by atoms with E-state index in [9.17, 15) is 18.0 Å². The van der Waals surface area contributed by atoms with E-state index < -0.39 is 38.6 Å². The summed E-state index contributed by atoms with van der Waals surface area (Å²) in [4.78, 5) is 27.1. The van der Waals surface area contributed by atoms with E-state index in [1.165, 1.54) is 40.2 Å². The van der Waals surface area contributed by atoms with Crippen LogP contribution in [0.3, 0.4) is 0 Å². The first-order valence-electron chi connectivity index (χ1n) is 9.41. The molecule has 178 valence electrons. The van der Waals surface area contributed by atoms with Crippen molar-refractivity contribution in [2.45, 2.75) is 49.2 Å². The molecule has 32 heavy (non-hydrogen) atoms. The van der Waals surface area contributed by atoms with E-state index in [1.807, 2.05) is 0 Å². The summed E-state index contributed by atoms with van der Waals surface area (Å²) in [5, 5.41) is 16.1. The van der Waals surface area contributed by atoms with Gasteiger partial charge in [0.25, 0.3) is 5.91 Å². The molecule has 2 aliphatic rings. The average molecular weight is 508 g/mol. The number of hydrogen-bond donors (Lipinski definition) is 2. The van der Waals surface area contributed by atoms with Crippen LogP contribution in [-0.4, -0.2) is 86.5 Å². The largest absolute Gasteiger partial charge is 0.455 e. The average Bonchev–Trinajstić information content (AvgIpc) is 3.14. The van der Waals surface area contributed by atoms with Crippen molar-refractivity contribution < 1.29 is 27.5 Å². The van der Waals surface area contributed by atoms with Gasteiger partial charge < -0.3 is 9.47 Å². The Bertz CT molecular complexity index is 1050. The number of nitrogens with two attached hydrogens (primary N) is 2. The molecule has 13 nitrogen and oxygen atoms in total. The van der Waals surface area contributed by atoms with Crippen LogP contribution >= 0.6 is 23.5 Å². The third kappa shape index (κ3) is 5.09. The molecule has 0 saturated carbocycles. The lowest BCUT2D eigenvalue weighted by Crippen LogP contribution is -2.78. The zero-order chi connectivity index (χ0) is 23.9. The van der Waals surface area contributed by atoms with Crippen LogP contribution in [0.2, 0.25) is 0 Å². The van der Waals surface area contributed by atoms with Gasteiger partial charge in [-0.2, -0.15) is 0 Å². The van der Waals surface area contributed by atoms with Crippen molar-refractivity contribution in [3.63, 3.8) is 0 Å². The third-order valence-electron chi connectivity index (χ3n) is 4.54. The number of carbonyl (C=O) groups is 2. The minimum absolute atomic E-state index is 0.0168. The summed E-state index contributed by atoms with van der Waals surface area (Å²) in [5.41, 5.74) is 4.56. The Morgan fingerprint density at radius 2 is 2.09 bits per heavy atom. The molecule has 0 bridgehead atoms. The van der Waals surface area contributed by atoms with Crippen molar-refractivity contribution in [2.75, 3.05) is 24.4 Å². The number of methoxy groups -OCH3 is 1. The Morgan fingerprint density at radius 1 is 1.41 bits per heavy atom. The Labute approximate surface area is 193 Å². The van der Waals surface area contributed by atoms with Crippen LogP contribution < -0.4 is 10.9 Å². The number of carbonyl (C=O) groups excluding carboxylic acids is 2. The number of ether oxygens (including phenoxy) is 2. The predicted molar refractivity (Wildman–Crippen MR) is 116 cm³/mol. The second-order valence-corrected chi connectivity index (χ2v) is 11.9. The Balaban J connectivity index is 1.85. The fraction of sp³-hybridized carbons (Fsp3) is 0.688. The van der Waals surface area contributed by atoms with Crippen molar-refractivity contribution in [1.29, 1.82) is 0 Å². The Kier molecular flexibility index (Phi) is 6.93. The maximum absolute atomic E-state index is 13.0. The highest BCUT2D eigenvalue weighted by molar-refractivity contribution is 8.01. The first-order chi connectivity index (χ1) is 14.8. The van der Waals surface area contributed by atoms with E-state index in [4.69, 9.17) is 20.3 Å². The highest BCUT2D eigenvalue weighted by Gasteiger charge is 2.63. The molecule has 2 atom stereocenters. The zero-order valence-electron chi connectivity index (χ0n) is 18.0. The summed E-state index contributed by atoms with van der Waals surface area (Å²) in [6.45, 7) is 5.18. The van der Waals surface area contributed by atoms with Crippen molar-refractivity contribution >= 4 is 45.4 Å². The lowest BCUT2D eigenvalue weighted by molar-refractivity contribution is -0.184. The molecule has 1 amide bonds. The fourth-order valence-corrected chi connectivity index (χ4v) is 5.90. The molecule has 0 aromatic carbocycles. The van der Waals surface area contributed by atoms with Gasteiger partial charge in [0.2, 0.25) is 20.9 Å². The predicted octanol–water partition coefficient (Wildman–Crippen LogP) is -1.13. The van der Waals surface area contributed by atoms with Crippen LogP contribution in [0.25, 0.3) is 0 Å². The molecule has 1 fully saturated rings. The number of thioether (sulfide) groups is 2. The van der Waals surface area contributed by atoms with Crippen LogP contribution in [0.15, 0.2) is 16.4 Å². The van der Waals surface area contributed by atoms with Crippen molar-refractivity contribution in [3.05, 3.63) is 11.3 Å². The van der Waals surface area contributed by atoms with E-state index in [0.717, 1.165) is 0 Å². The number of fused-ring (bicyclic) bond motifs is 1. The number of sulfonamides is 1. The lowest BCUT2D eigenvalue weighted by atomic mass is 9.99. The van der Waals surface area contributed by atoms with E-state index >= 15 is 0 Å². The van der Waals surface area contributed by atoms with Gasteiger partial charge in [0.15, 0.2) is 0 Å². The van der Waals surface area contributed by atoms with Gasteiger partial charge in [-0.15, -0.1) is 16.9 Å². The van der Waals surface area contributed by atoms with Crippen LogP contribution in [0.5, 0.6) is 0 Å².